The van der Waals surface area contributed by atoms with E-state index >= 15 is 0 Å². The van der Waals surface area contributed by atoms with Gasteiger partial charge in [0.1, 0.15) is 6.04 Å². The van der Waals surface area contributed by atoms with Crippen molar-refractivity contribution in [2.24, 2.45) is 11.7 Å². The van der Waals surface area contributed by atoms with Crippen molar-refractivity contribution in [2.45, 2.75) is 64.7 Å². The van der Waals surface area contributed by atoms with Crippen LogP contribution in [0.25, 0.3) is 10.1 Å². The summed E-state index contributed by atoms with van der Waals surface area (Å²) in [6.45, 7) is 6.64. The first-order valence-electron chi connectivity index (χ1n) is 13.3. The number of nitrogens with one attached hydrogen (secondary N) is 1. The molecule has 4 rings (SSSR count). The standard InChI is InChI=1S/C30H38N4O3S/c1-19(2)26(32-28(35)20(3)31)29(36)34-16-10-13-22(34)17-24-23-14-8-9-15-25(23)38-27(24)30(37)33(4)18-21-11-6-5-7-12-21/h5-9,11-12,14-15,19-20,22,26H,10,13,16-18,31H2,1-4H3,(H,32,35)/t20-,22?,26-/m0/s1. The van der Waals surface area contributed by atoms with Gasteiger partial charge < -0.3 is 20.9 Å². The molecule has 2 aromatic carbocycles. The van der Waals surface area contributed by atoms with Crippen LogP contribution in [0.4, 0.5) is 0 Å². The summed E-state index contributed by atoms with van der Waals surface area (Å²) in [7, 11) is 1.84. The Balaban J connectivity index is 1.60. The Hall–Kier alpha value is -3.23. The Morgan fingerprint density at radius 2 is 1.76 bits per heavy atom. The van der Waals surface area contributed by atoms with Gasteiger partial charge in [0.15, 0.2) is 0 Å². The van der Waals surface area contributed by atoms with Gasteiger partial charge in [0.05, 0.1) is 10.9 Å². The number of likely N-dealkylation sites (tertiary alicyclic amines) is 1. The van der Waals surface area contributed by atoms with Gasteiger partial charge in [0.2, 0.25) is 11.8 Å². The number of carbonyl (C=O) groups is 3. The molecule has 38 heavy (non-hydrogen) atoms. The van der Waals surface area contributed by atoms with E-state index in [1.54, 1.807) is 11.8 Å². The van der Waals surface area contributed by atoms with Gasteiger partial charge in [0.25, 0.3) is 5.91 Å². The Bertz CT molecular complexity index is 1290. The SMILES string of the molecule is CC(C)[C@H](NC(=O)[C@H](C)N)C(=O)N1CCCC1Cc1c(C(=O)N(C)Cc2ccccc2)sc2ccccc12. The maximum atomic E-state index is 13.7. The molecule has 3 N–H and O–H groups in total. The molecule has 1 aliphatic heterocycles. The second kappa shape index (κ2) is 12.1. The molecule has 0 saturated carbocycles. The lowest BCUT2D eigenvalue weighted by Crippen LogP contribution is -2.55. The number of amides is 3. The summed E-state index contributed by atoms with van der Waals surface area (Å²) in [5.74, 6) is -0.488. The first kappa shape index (κ1) is 27.8. The Morgan fingerprint density at radius 1 is 1.08 bits per heavy atom. The predicted octanol–water partition coefficient (Wildman–Crippen LogP) is 4.20. The van der Waals surface area contributed by atoms with Crippen molar-refractivity contribution < 1.29 is 14.4 Å². The van der Waals surface area contributed by atoms with Crippen LogP contribution < -0.4 is 11.1 Å². The van der Waals surface area contributed by atoms with Crippen LogP contribution in [0.5, 0.6) is 0 Å². The van der Waals surface area contributed by atoms with Gasteiger partial charge in [-0.25, -0.2) is 0 Å². The van der Waals surface area contributed by atoms with E-state index < -0.39 is 12.1 Å². The van der Waals surface area contributed by atoms with Crippen molar-refractivity contribution in [1.82, 2.24) is 15.1 Å². The predicted molar refractivity (Wildman–Crippen MR) is 153 cm³/mol. The highest BCUT2D eigenvalue weighted by Crippen LogP contribution is 2.35. The minimum absolute atomic E-state index is 0.00909. The number of fused-ring (bicyclic) bond motifs is 1. The van der Waals surface area contributed by atoms with E-state index in [9.17, 15) is 14.4 Å². The zero-order chi connectivity index (χ0) is 27.4. The number of rotatable bonds is 9. The summed E-state index contributed by atoms with van der Waals surface area (Å²) in [5, 5.41) is 3.92. The number of nitrogens with zero attached hydrogens (tertiary/aromatic N) is 2. The van der Waals surface area contributed by atoms with Crippen molar-refractivity contribution in [3.8, 4) is 0 Å². The van der Waals surface area contributed by atoms with E-state index in [1.807, 2.05) is 74.3 Å². The highest BCUT2D eigenvalue weighted by Gasteiger charge is 2.36. The van der Waals surface area contributed by atoms with Crippen LogP contribution in [0.15, 0.2) is 54.6 Å². The smallest absolute Gasteiger partial charge is 0.264 e. The first-order chi connectivity index (χ1) is 18.2. The van der Waals surface area contributed by atoms with Gasteiger partial charge in [-0.1, -0.05) is 62.4 Å². The average molecular weight is 535 g/mol. The molecule has 3 aromatic rings. The molecule has 1 saturated heterocycles. The molecule has 1 unspecified atom stereocenters. The summed E-state index contributed by atoms with van der Waals surface area (Å²) < 4.78 is 1.07. The van der Waals surface area contributed by atoms with Crippen molar-refractivity contribution in [2.75, 3.05) is 13.6 Å². The summed E-state index contributed by atoms with van der Waals surface area (Å²) in [6, 6.07) is 16.7. The highest BCUT2D eigenvalue weighted by atomic mass is 32.1. The third-order valence-electron chi connectivity index (χ3n) is 7.25. The molecule has 1 fully saturated rings. The maximum absolute atomic E-state index is 13.7. The fraction of sp³-hybridized carbons (Fsp3) is 0.433. The first-order valence-corrected chi connectivity index (χ1v) is 14.1. The molecule has 8 heteroatoms. The summed E-state index contributed by atoms with van der Waals surface area (Å²) in [5.41, 5.74) is 7.83. The molecule has 0 radical (unpaired) electrons. The normalized spacial score (nSPS) is 17.0. The van der Waals surface area contributed by atoms with E-state index in [4.69, 9.17) is 5.73 Å². The summed E-state index contributed by atoms with van der Waals surface area (Å²) in [4.78, 5) is 44.1. The molecule has 3 atom stereocenters. The minimum atomic E-state index is -0.683. The largest absolute Gasteiger partial charge is 0.343 e. The van der Waals surface area contributed by atoms with Gasteiger partial charge in [0, 0.05) is 30.9 Å². The van der Waals surface area contributed by atoms with Gasteiger partial charge in [-0.15, -0.1) is 11.3 Å². The third-order valence-corrected chi connectivity index (χ3v) is 8.45. The minimum Gasteiger partial charge on any atom is -0.343 e. The zero-order valence-corrected chi connectivity index (χ0v) is 23.5. The number of thiophene rings is 1. The molecule has 2 heterocycles. The number of carbonyl (C=O) groups excluding carboxylic acids is 3. The van der Waals surface area contributed by atoms with E-state index in [2.05, 4.69) is 11.4 Å². The summed E-state index contributed by atoms with van der Waals surface area (Å²) in [6.07, 6.45) is 2.35. The fourth-order valence-electron chi connectivity index (χ4n) is 5.13. The second-order valence-corrected chi connectivity index (χ2v) is 11.7. The summed E-state index contributed by atoms with van der Waals surface area (Å²) >= 11 is 1.52. The van der Waals surface area contributed by atoms with Gasteiger partial charge in [-0.05, 0) is 54.7 Å². The number of benzene rings is 2. The molecule has 7 nitrogen and oxygen atoms in total. The topological polar surface area (TPSA) is 95.7 Å². The van der Waals surface area contributed by atoms with Crippen LogP contribution in [-0.4, -0.2) is 59.2 Å². The third kappa shape index (κ3) is 6.08. The monoisotopic (exact) mass is 534 g/mol. The van der Waals surface area contributed by atoms with E-state index in [0.717, 1.165) is 38.9 Å². The zero-order valence-electron chi connectivity index (χ0n) is 22.6. The molecule has 0 aliphatic carbocycles. The molecular formula is C30H38N4O3S. The second-order valence-electron chi connectivity index (χ2n) is 10.6. The van der Waals surface area contributed by atoms with Crippen LogP contribution >= 0.6 is 11.3 Å². The number of hydrogen-bond donors (Lipinski definition) is 2. The van der Waals surface area contributed by atoms with Gasteiger partial charge >= 0.3 is 0 Å². The lowest BCUT2D eigenvalue weighted by atomic mass is 9.98. The Kier molecular flexibility index (Phi) is 8.84. The number of hydrogen-bond acceptors (Lipinski definition) is 5. The van der Waals surface area contributed by atoms with Gasteiger partial charge in [-0.3, -0.25) is 14.4 Å². The van der Waals surface area contributed by atoms with Gasteiger partial charge in [-0.2, -0.15) is 0 Å². The molecule has 3 amide bonds. The highest BCUT2D eigenvalue weighted by molar-refractivity contribution is 7.21. The molecule has 202 valence electrons. The molecular weight excluding hydrogens is 496 g/mol. The average Bonchev–Trinajstić information content (AvgIpc) is 3.51. The Labute approximate surface area is 229 Å². The van der Waals surface area contributed by atoms with Crippen LogP contribution in [0, 0.1) is 5.92 Å². The number of nitrogens with two attached hydrogens (primary N) is 1. The van der Waals surface area contributed by atoms with Crippen molar-refractivity contribution >= 4 is 39.1 Å². The van der Waals surface area contributed by atoms with Crippen LogP contribution in [0.3, 0.4) is 0 Å². The fourth-order valence-corrected chi connectivity index (χ4v) is 6.35. The molecule has 1 aliphatic rings. The van der Waals surface area contributed by atoms with E-state index in [-0.39, 0.29) is 29.7 Å². The lowest BCUT2D eigenvalue weighted by Gasteiger charge is -2.31. The van der Waals surface area contributed by atoms with E-state index in [0.29, 0.717) is 19.5 Å². The molecule has 1 aromatic heterocycles. The van der Waals surface area contributed by atoms with Crippen molar-refractivity contribution in [3.63, 3.8) is 0 Å². The molecule has 0 spiro atoms. The van der Waals surface area contributed by atoms with Crippen molar-refractivity contribution in [3.05, 3.63) is 70.6 Å². The van der Waals surface area contributed by atoms with Crippen LogP contribution in [0.2, 0.25) is 0 Å². The maximum Gasteiger partial charge on any atom is 0.264 e. The quantitative estimate of drug-likeness (QED) is 0.430. The van der Waals surface area contributed by atoms with Crippen molar-refractivity contribution in [1.29, 1.82) is 0 Å². The van der Waals surface area contributed by atoms with E-state index in [1.165, 1.54) is 11.3 Å². The molecule has 0 bridgehead atoms. The Morgan fingerprint density at radius 3 is 2.45 bits per heavy atom. The van der Waals surface area contributed by atoms with Crippen LogP contribution in [-0.2, 0) is 22.6 Å². The van der Waals surface area contributed by atoms with Crippen LogP contribution in [0.1, 0.15) is 54.4 Å². The lowest BCUT2D eigenvalue weighted by molar-refractivity contribution is -0.138.